The molecule has 1 heterocycles. The molecule has 0 saturated heterocycles. The van der Waals surface area contributed by atoms with Crippen LogP contribution >= 0.6 is 0 Å². The van der Waals surface area contributed by atoms with Crippen LogP contribution in [0.15, 0.2) is 47.5 Å². The molecule has 10 heteroatoms. The third-order valence-electron chi connectivity index (χ3n) is 4.28. The van der Waals surface area contributed by atoms with Crippen molar-refractivity contribution in [1.82, 2.24) is 15.0 Å². The van der Waals surface area contributed by atoms with Crippen molar-refractivity contribution in [3.8, 4) is 0 Å². The average Bonchev–Trinajstić information content (AvgIpc) is 2.73. The van der Waals surface area contributed by atoms with E-state index in [-0.39, 0.29) is 34.1 Å². The fraction of sp³-hybridized carbons (Fsp3) is 0.364. The fourth-order valence-electron chi connectivity index (χ4n) is 2.53. The van der Waals surface area contributed by atoms with Crippen LogP contribution in [0, 0.1) is 5.92 Å². The van der Waals surface area contributed by atoms with Gasteiger partial charge in [0.2, 0.25) is 5.91 Å². The third-order valence-corrected chi connectivity index (χ3v) is 5.62. The summed E-state index contributed by atoms with van der Waals surface area (Å²) in [5.41, 5.74) is 0.831. The van der Waals surface area contributed by atoms with Crippen molar-refractivity contribution in [1.29, 1.82) is 0 Å². The molecule has 0 aliphatic rings. The topological polar surface area (TPSA) is 132 Å². The van der Waals surface area contributed by atoms with Crippen molar-refractivity contribution in [3.63, 3.8) is 0 Å². The molecule has 1 aromatic carbocycles. The quantitative estimate of drug-likeness (QED) is 0.547. The minimum absolute atomic E-state index is 0.0123. The van der Waals surface area contributed by atoms with Gasteiger partial charge in [-0.2, -0.15) is 0 Å². The summed E-state index contributed by atoms with van der Waals surface area (Å²) in [5.74, 6) is -1.66. The van der Waals surface area contributed by atoms with Crippen LogP contribution in [0.3, 0.4) is 0 Å². The number of amides is 2. The van der Waals surface area contributed by atoms with Gasteiger partial charge in [0, 0.05) is 18.7 Å². The number of pyridine rings is 1. The highest BCUT2D eigenvalue weighted by Gasteiger charge is 2.20. The van der Waals surface area contributed by atoms with Crippen molar-refractivity contribution >= 4 is 27.8 Å². The summed E-state index contributed by atoms with van der Waals surface area (Å²) in [6.45, 7) is 7.43. The van der Waals surface area contributed by atoms with Crippen molar-refractivity contribution in [2.24, 2.45) is 5.92 Å². The van der Waals surface area contributed by atoms with E-state index in [4.69, 9.17) is 4.74 Å². The summed E-state index contributed by atoms with van der Waals surface area (Å²) in [6, 6.07) is 8.61. The van der Waals surface area contributed by atoms with Gasteiger partial charge in [-0.15, -0.1) is 0 Å². The van der Waals surface area contributed by atoms with E-state index in [1.807, 2.05) is 4.72 Å². The van der Waals surface area contributed by atoms with Crippen LogP contribution in [0.25, 0.3) is 0 Å². The molecule has 32 heavy (non-hydrogen) atoms. The normalized spacial score (nSPS) is 11.3. The Morgan fingerprint density at radius 3 is 2.19 bits per heavy atom. The first-order chi connectivity index (χ1) is 15.0. The highest BCUT2D eigenvalue weighted by molar-refractivity contribution is 7.90. The van der Waals surface area contributed by atoms with Gasteiger partial charge >= 0.3 is 5.97 Å². The van der Waals surface area contributed by atoms with Crippen LogP contribution in [0.2, 0.25) is 0 Å². The zero-order valence-electron chi connectivity index (χ0n) is 18.4. The average molecular weight is 462 g/mol. The van der Waals surface area contributed by atoms with E-state index in [2.05, 4.69) is 10.3 Å². The van der Waals surface area contributed by atoms with Gasteiger partial charge < -0.3 is 10.1 Å². The van der Waals surface area contributed by atoms with Crippen molar-refractivity contribution in [2.45, 2.75) is 45.1 Å². The second-order valence-corrected chi connectivity index (χ2v) is 9.34. The predicted molar refractivity (Wildman–Crippen MR) is 117 cm³/mol. The molecule has 0 saturated carbocycles. The maximum Gasteiger partial charge on any atom is 0.357 e. The maximum atomic E-state index is 12.5. The van der Waals surface area contributed by atoms with E-state index in [9.17, 15) is 22.8 Å². The standard InChI is InChI=1S/C22H27N3O6S/c1-14(2)20(26)23-12-11-16-5-8-18(9-6-16)32(29,30)25-21(27)17-7-10-19(24-13-17)22(28)31-15(3)4/h5-10,13-15H,11-12H2,1-4H3,(H,23,26)(H,25,27). The largest absolute Gasteiger partial charge is 0.458 e. The van der Waals surface area contributed by atoms with E-state index in [0.717, 1.165) is 11.8 Å². The van der Waals surface area contributed by atoms with Gasteiger partial charge in [-0.3, -0.25) is 9.59 Å². The molecule has 2 rings (SSSR count). The third kappa shape index (κ3) is 7.16. The van der Waals surface area contributed by atoms with Crippen LogP contribution in [-0.2, 0) is 26.0 Å². The van der Waals surface area contributed by atoms with Crippen LogP contribution in [0.1, 0.15) is 54.1 Å². The number of sulfonamides is 1. The van der Waals surface area contributed by atoms with Crippen molar-refractivity contribution in [3.05, 3.63) is 59.4 Å². The van der Waals surface area contributed by atoms with Gasteiger partial charge in [-0.1, -0.05) is 26.0 Å². The van der Waals surface area contributed by atoms with Gasteiger partial charge in [0.25, 0.3) is 15.9 Å². The summed E-state index contributed by atoms with van der Waals surface area (Å²) >= 11 is 0. The van der Waals surface area contributed by atoms with E-state index < -0.39 is 21.9 Å². The summed E-state index contributed by atoms with van der Waals surface area (Å²) < 4.78 is 32.0. The Bertz CT molecular complexity index is 1060. The first-order valence-corrected chi connectivity index (χ1v) is 11.6. The van der Waals surface area contributed by atoms with Crippen LogP contribution < -0.4 is 10.0 Å². The molecule has 0 radical (unpaired) electrons. The van der Waals surface area contributed by atoms with Gasteiger partial charge in [0.05, 0.1) is 16.6 Å². The van der Waals surface area contributed by atoms with E-state index >= 15 is 0 Å². The van der Waals surface area contributed by atoms with Crippen LogP contribution in [0.5, 0.6) is 0 Å². The number of rotatable bonds is 9. The minimum Gasteiger partial charge on any atom is -0.458 e. The predicted octanol–water partition coefficient (Wildman–Crippen LogP) is 2.08. The lowest BCUT2D eigenvalue weighted by molar-refractivity contribution is -0.123. The minimum atomic E-state index is -4.10. The summed E-state index contributed by atoms with van der Waals surface area (Å²) in [4.78, 5) is 39.5. The number of nitrogens with zero attached hydrogens (tertiary/aromatic N) is 1. The summed E-state index contributed by atoms with van der Waals surface area (Å²) in [6.07, 6.45) is 1.33. The molecule has 172 valence electrons. The molecule has 2 aromatic rings. The van der Waals surface area contributed by atoms with E-state index in [1.165, 1.54) is 24.3 Å². The van der Waals surface area contributed by atoms with E-state index in [1.54, 1.807) is 39.8 Å². The molecule has 1 aromatic heterocycles. The molecular formula is C22H27N3O6S. The smallest absolute Gasteiger partial charge is 0.357 e. The zero-order valence-corrected chi connectivity index (χ0v) is 19.2. The van der Waals surface area contributed by atoms with Gasteiger partial charge in [-0.05, 0) is 50.1 Å². The first kappa shape index (κ1) is 25.0. The second-order valence-electron chi connectivity index (χ2n) is 7.66. The number of hydrogen-bond acceptors (Lipinski definition) is 7. The lowest BCUT2D eigenvalue weighted by Crippen LogP contribution is -2.31. The second kappa shape index (κ2) is 10.9. The van der Waals surface area contributed by atoms with Crippen molar-refractivity contribution in [2.75, 3.05) is 6.54 Å². The van der Waals surface area contributed by atoms with E-state index in [0.29, 0.717) is 13.0 Å². The van der Waals surface area contributed by atoms with Crippen LogP contribution in [0.4, 0.5) is 0 Å². The molecule has 2 N–H and O–H groups in total. The fourth-order valence-corrected chi connectivity index (χ4v) is 3.51. The molecule has 0 spiro atoms. The maximum absolute atomic E-state index is 12.5. The summed E-state index contributed by atoms with van der Waals surface area (Å²) in [7, 11) is -4.10. The monoisotopic (exact) mass is 461 g/mol. The Hall–Kier alpha value is -3.27. The highest BCUT2D eigenvalue weighted by atomic mass is 32.2. The molecule has 0 unspecified atom stereocenters. The molecule has 2 amide bonds. The Kier molecular flexibility index (Phi) is 8.48. The molecule has 0 aliphatic heterocycles. The number of esters is 1. The number of hydrogen-bond donors (Lipinski definition) is 2. The highest BCUT2D eigenvalue weighted by Crippen LogP contribution is 2.12. The summed E-state index contributed by atoms with van der Waals surface area (Å²) in [5, 5.41) is 2.79. The Morgan fingerprint density at radius 2 is 1.66 bits per heavy atom. The first-order valence-electron chi connectivity index (χ1n) is 10.1. The number of carbonyl (C=O) groups is 3. The molecule has 0 atom stereocenters. The zero-order chi connectivity index (χ0) is 23.9. The van der Waals surface area contributed by atoms with Crippen LogP contribution in [-0.4, -0.2) is 43.8 Å². The molecule has 0 bridgehead atoms. The van der Waals surface area contributed by atoms with Gasteiger partial charge in [0.1, 0.15) is 5.69 Å². The molecule has 9 nitrogen and oxygen atoms in total. The van der Waals surface area contributed by atoms with Gasteiger partial charge in [-0.25, -0.2) is 22.9 Å². The molecule has 0 aliphatic carbocycles. The lowest BCUT2D eigenvalue weighted by Gasteiger charge is -2.10. The molecule has 0 fully saturated rings. The van der Waals surface area contributed by atoms with Crippen molar-refractivity contribution < 1.29 is 27.5 Å². The SMILES string of the molecule is CC(C)OC(=O)c1ccc(C(=O)NS(=O)(=O)c2ccc(CCNC(=O)C(C)C)cc2)cn1. The molecular weight excluding hydrogens is 434 g/mol. The number of carbonyl (C=O) groups excluding carboxylic acids is 3. The number of ether oxygens (including phenoxy) is 1. The number of benzene rings is 1. The van der Waals surface area contributed by atoms with Gasteiger partial charge in [0.15, 0.2) is 0 Å². The lowest BCUT2D eigenvalue weighted by atomic mass is 10.1. The Balaban J connectivity index is 1.99. The Morgan fingerprint density at radius 1 is 1.00 bits per heavy atom. The Labute approximate surface area is 187 Å². The number of aromatic nitrogens is 1. The number of nitrogens with one attached hydrogen (secondary N) is 2.